The summed E-state index contributed by atoms with van der Waals surface area (Å²) in [5, 5.41) is 2.60. The molecule has 1 amide bonds. The molecule has 0 radical (unpaired) electrons. The Kier molecular flexibility index (Phi) is 6.03. The Morgan fingerprint density at radius 1 is 1.11 bits per heavy atom. The van der Waals surface area contributed by atoms with Crippen molar-refractivity contribution in [2.75, 3.05) is 5.32 Å². The molecule has 144 valence electrons. The molecule has 0 atom stereocenters. The van der Waals surface area contributed by atoms with Gasteiger partial charge in [-0.3, -0.25) is 9.78 Å². The minimum absolute atomic E-state index is 0.0167. The Labute approximate surface area is 166 Å². The fraction of sp³-hybridized carbons (Fsp3) is 0.0526. The van der Waals surface area contributed by atoms with Crippen LogP contribution in [0.25, 0.3) is 0 Å². The van der Waals surface area contributed by atoms with Crippen LogP contribution in [0.5, 0.6) is 0 Å². The van der Waals surface area contributed by atoms with Crippen LogP contribution < -0.4 is 10.0 Å². The number of carbonyl (C=O) groups excluding carboxylic acids is 1. The minimum atomic E-state index is -3.94. The van der Waals surface area contributed by atoms with E-state index in [0.717, 1.165) is 6.07 Å². The van der Waals surface area contributed by atoms with E-state index in [0.29, 0.717) is 5.56 Å². The van der Waals surface area contributed by atoms with Gasteiger partial charge in [-0.2, -0.15) is 0 Å². The van der Waals surface area contributed by atoms with Crippen LogP contribution >= 0.6 is 11.6 Å². The summed E-state index contributed by atoms with van der Waals surface area (Å²) < 4.78 is 41.5. The molecule has 0 spiro atoms. The molecule has 9 heteroatoms. The van der Waals surface area contributed by atoms with Gasteiger partial charge in [0, 0.05) is 18.9 Å². The van der Waals surface area contributed by atoms with Gasteiger partial charge in [-0.25, -0.2) is 17.5 Å². The number of nitrogens with one attached hydrogen (secondary N) is 2. The number of carbonyl (C=O) groups is 1. The summed E-state index contributed by atoms with van der Waals surface area (Å²) in [6.45, 7) is 0.0167. The van der Waals surface area contributed by atoms with Gasteiger partial charge in [0.1, 0.15) is 5.82 Å². The van der Waals surface area contributed by atoms with Crippen LogP contribution in [0.3, 0.4) is 0 Å². The fourth-order valence-corrected chi connectivity index (χ4v) is 3.61. The first-order valence-corrected chi connectivity index (χ1v) is 9.97. The van der Waals surface area contributed by atoms with E-state index >= 15 is 0 Å². The summed E-state index contributed by atoms with van der Waals surface area (Å²) in [4.78, 5) is 15.9. The van der Waals surface area contributed by atoms with Crippen molar-refractivity contribution in [3.63, 3.8) is 0 Å². The van der Waals surface area contributed by atoms with Gasteiger partial charge in [0.2, 0.25) is 10.0 Å². The quantitative estimate of drug-likeness (QED) is 0.639. The molecule has 0 fully saturated rings. The van der Waals surface area contributed by atoms with Crippen LogP contribution in [0.15, 0.2) is 71.9 Å². The standard InChI is InChI=1S/C19H15ClFN3O3S/c20-16-6-2-1-5-15(16)19(25)24-18-8-7-14(10-17(18)21)28(26,27)23-12-13-4-3-9-22-11-13/h1-11,23H,12H2,(H,24,25). The number of sulfonamides is 1. The molecule has 0 unspecified atom stereocenters. The molecule has 0 bridgehead atoms. The monoisotopic (exact) mass is 419 g/mol. The van der Waals surface area contributed by atoms with E-state index < -0.39 is 21.7 Å². The van der Waals surface area contributed by atoms with Gasteiger partial charge in [-0.05, 0) is 42.0 Å². The van der Waals surface area contributed by atoms with Crippen molar-refractivity contribution < 1.29 is 17.6 Å². The summed E-state index contributed by atoms with van der Waals surface area (Å²) in [6, 6.07) is 12.9. The van der Waals surface area contributed by atoms with Crippen LogP contribution in [-0.4, -0.2) is 19.3 Å². The maximum absolute atomic E-state index is 14.4. The molecule has 0 saturated heterocycles. The van der Waals surface area contributed by atoms with E-state index in [1.54, 1.807) is 30.5 Å². The number of nitrogens with zero attached hydrogens (tertiary/aromatic N) is 1. The molecule has 1 heterocycles. The Hall–Kier alpha value is -2.81. The van der Waals surface area contributed by atoms with Crippen molar-refractivity contribution in [3.8, 4) is 0 Å². The van der Waals surface area contributed by atoms with E-state index in [-0.39, 0.29) is 27.7 Å². The molecule has 6 nitrogen and oxygen atoms in total. The minimum Gasteiger partial charge on any atom is -0.319 e. The number of benzene rings is 2. The van der Waals surface area contributed by atoms with Gasteiger partial charge < -0.3 is 5.32 Å². The molecule has 28 heavy (non-hydrogen) atoms. The van der Waals surface area contributed by atoms with Crippen LogP contribution in [0.2, 0.25) is 5.02 Å². The molecule has 0 aliphatic rings. The van der Waals surface area contributed by atoms with Crippen molar-refractivity contribution in [1.82, 2.24) is 9.71 Å². The van der Waals surface area contributed by atoms with E-state index in [9.17, 15) is 17.6 Å². The smallest absolute Gasteiger partial charge is 0.257 e. The van der Waals surface area contributed by atoms with E-state index in [1.807, 2.05) is 0 Å². The third kappa shape index (κ3) is 4.72. The number of aromatic nitrogens is 1. The van der Waals surface area contributed by atoms with E-state index in [4.69, 9.17) is 11.6 Å². The highest BCUT2D eigenvalue weighted by Crippen LogP contribution is 2.22. The molecule has 0 aliphatic carbocycles. The molecule has 2 N–H and O–H groups in total. The van der Waals surface area contributed by atoms with E-state index in [2.05, 4.69) is 15.0 Å². The first-order valence-electron chi connectivity index (χ1n) is 8.11. The number of halogens is 2. The molecule has 0 aliphatic heterocycles. The highest BCUT2D eigenvalue weighted by atomic mass is 35.5. The van der Waals surface area contributed by atoms with Crippen molar-refractivity contribution in [3.05, 3.63) is 89.0 Å². The van der Waals surface area contributed by atoms with Crippen LogP contribution in [0.4, 0.5) is 10.1 Å². The number of rotatable bonds is 6. The van der Waals surface area contributed by atoms with Crippen molar-refractivity contribution >= 4 is 33.2 Å². The third-order valence-electron chi connectivity index (χ3n) is 3.81. The normalized spacial score (nSPS) is 11.2. The zero-order chi connectivity index (χ0) is 20.1. The summed E-state index contributed by atoms with van der Waals surface area (Å²) in [7, 11) is -3.94. The maximum Gasteiger partial charge on any atom is 0.257 e. The Morgan fingerprint density at radius 3 is 2.57 bits per heavy atom. The summed E-state index contributed by atoms with van der Waals surface area (Å²) in [5.41, 5.74) is 0.685. The van der Waals surface area contributed by atoms with Crippen LogP contribution in [0, 0.1) is 5.82 Å². The Balaban J connectivity index is 1.74. The average molecular weight is 420 g/mol. The number of pyridine rings is 1. The molecule has 3 aromatic rings. The van der Waals surface area contributed by atoms with Gasteiger partial charge in [0.15, 0.2) is 0 Å². The number of hydrogen-bond acceptors (Lipinski definition) is 4. The first-order chi connectivity index (χ1) is 13.4. The summed E-state index contributed by atoms with van der Waals surface area (Å²) in [6.07, 6.45) is 3.10. The molecule has 2 aromatic carbocycles. The number of amides is 1. The predicted molar refractivity (Wildman–Crippen MR) is 104 cm³/mol. The first kappa shape index (κ1) is 19.9. The second-order valence-electron chi connectivity index (χ2n) is 5.76. The number of hydrogen-bond donors (Lipinski definition) is 2. The Bertz CT molecular complexity index is 1110. The van der Waals surface area contributed by atoms with E-state index in [1.165, 1.54) is 30.5 Å². The lowest BCUT2D eigenvalue weighted by atomic mass is 10.2. The second-order valence-corrected chi connectivity index (χ2v) is 7.94. The van der Waals surface area contributed by atoms with Crippen molar-refractivity contribution in [2.24, 2.45) is 0 Å². The van der Waals surface area contributed by atoms with Crippen molar-refractivity contribution in [1.29, 1.82) is 0 Å². The second kappa shape index (κ2) is 8.47. The fourth-order valence-electron chi connectivity index (χ4n) is 2.36. The highest BCUT2D eigenvalue weighted by Gasteiger charge is 2.18. The van der Waals surface area contributed by atoms with Gasteiger partial charge in [0.25, 0.3) is 5.91 Å². The van der Waals surface area contributed by atoms with Gasteiger partial charge in [0.05, 0.1) is 21.2 Å². The largest absolute Gasteiger partial charge is 0.319 e. The maximum atomic E-state index is 14.4. The lowest BCUT2D eigenvalue weighted by molar-refractivity contribution is 0.102. The zero-order valence-corrected chi connectivity index (χ0v) is 16.0. The topological polar surface area (TPSA) is 88.2 Å². The lowest BCUT2D eigenvalue weighted by Gasteiger charge is -2.10. The molecule has 3 rings (SSSR count). The van der Waals surface area contributed by atoms with Crippen molar-refractivity contribution in [2.45, 2.75) is 11.4 Å². The molecular weight excluding hydrogens is 405 g/mol. The van der Waals surface area contributed by atoms with Gasteiger partial charge in [-0.1, -0.05) is 29.8 Å². The highest BCUT2D eigenvalue weighted by molar-refractivity contribution is 7.89. The molecular formula is C19H15ClFN3O3S. The number of anilines is 1. The van der Waals surface area contributed by atoms with Crippen LogP contribution in [-0.2, 0) is 16.6 Å². The van der Waals surface area contributed by atoms with Gasteiger partial charge in [-0.15, -0.1) is 0 Å². The summed E-state index contributed by atoms with van der Waals surface area (Å²) >= 11 is 5.95. The lowest BCUT2D eigenvalue weighted by Crippen LogP contribution is -2.23. The Morgan fingerprint density at radius 2 is 1.89 bits per heavy atom. The molecule has 1 aromatic heterocycles. The van der Waals surface area contributed by atoms with Crippen LogP contribution in [0.1, 0.15) is 15.9 Å². The summed E-state index contributed by atoms with van der Waals surface area (Å²) in [5.74, 6) is -1.49. The third-order valence-corrected chi connectivity index (χ3v) is 5.54. The zero-order valence-electron chi connectivity index (χ0n) is 14.4. The average Bonchev–Trinajstić information content (AvgIpc) is 2.69. The SMILES string of the molecule is O=C(Nc1ccc(S(=O)(=O)NCc2cccnc2)cc1F)c1ccccc1Cl. The predicted octanol–water partition coefficient (Wildman–Crippen LogP) is 3.60. The molecule has 0 saturated carbocycles. The van der Waals surface area contributed by atoms with Gasteiger partial charge >= 0.3 is 0 Å².